The zero-order chi connectivity index (χ0) is 22.3. The summed E-state index contributed by atoms with van der Waals surface area (Å²) < 4.78 is 38.3. The van der Waals surface area contributed by atoms with Gasteiger partial charge in [0.05, 0.1) is 30.2 Å². The molecule has 0 bridgehead atoms. The van der Waals surface area contributed by atoms with Crippen LogP contribution in [0.2, 0.25) is 5.02 Å². The number of halogens is 1. The van der Waals surface area contributed by atoms with Gasteiger partial charge in [0.25, 0.3) is 0 Å². The van der Waals surface area contributed by atoms with Gasteiger partial charge in [-0.15, -0.1) is 0 Å². The molecule has 0 aromatic heterocycles. The predicted molar refractivity (Wildman–Crippen MR) is 114 cm³/mol. The average molecular weight is 474 g/mol. The first-order valence-electron chi connectivity index (χ1n) is 10.4. The van der Waals surface area contributed by atoms with E-state index in [1.807, 2.05) is 0 Å². The van der Waals surface area contributed by atoms with Crippen molar-refractivity contribution >= 4 is 33.4 Å². The van der Waals surface area contributed by atoms with Crippen LogP contribution in [0.4, 0.5) is 0 Å². The van der Waals surface area contributed by atoms with Gasteiger partial charge in [0, 0.05) is 31.3 Å². The van der Waals surface area contributed by atoms with Crippen LogP contribution in [-0.2, 0) is 29.1 Å². The van der Waals surface area contributed by atoms with Crippen molar-refractivity contribution in [2.75, 3.05) is 39.4 Å². The Balaban J connectivity index is 1.56. The number of carbonyl (C=O) groups is 2. The van der Waals surface area contributed by atoms with Gasteiger partial charge in [0.2, 0.25) is 21.8 Å². The number of rotatable bonds is 10. The first-order chi connectivity index (χ1) is 14.8. The van der Waals surface area contributed by atoms with Crippen molar-refractivity contribution in [3.8, 4) is 0 Å². The van der Waals surface area contributed by atoms with Crippen molar-refractivity contribution in [3.05, 3.63) is 29.3 Å². The van der Waals surface area contributed by atoms with E-state index < -0.39 is 22.5 Å². The first kappa shape index (κ1) is 23.9. The number of hydrogen-bond acceptors (Lipinski definition) is 6. The van der Waals surface area contributed by atoms with E-state index in [4.69, 9.17) is 21.1 Å². The molecule has 2 amide bonds. The number of nitrogens with one attached hydrogen (secondary N) is 2. The summed E-state index contributed by atoms with van der Waals surface area (Å²) in [6.45, 7) is 1.29. The van der Waals surface area contributed by atoms with E-state index in [9.17, 15) is 18.0 Å². The highest BCUT2D eigenvalue weighted by atomic mass is 35.5. The van der Waals surface area contributed by atoms with Crippen LogP contribution in [0.3, 0.4) is 0 Å². The molecule has 2 heterocycles. The van der Waals surface area contributed by atoms with Gasteiger partial charge in [-0.05, 0) is 49.9 Å². The Morgan fingerprint density at radius 1 is 1.06 bits per heavy atom. The Hall–Kier alpha value is -1.72. The molecule has 3 rings (SSSR count). The van der Waals surface area contributed by atoms with Crippen LogP contribution in [0.15, 0.2) is 29.2 Å². The lowest BCUT2D eigenvalue weighted by Crippen LogP contribution is -2.48. The van der Waals surface area contributed by atoms with Crippen molar-refractivity contribution in [1.82, 2.24) is 14.9 Å². The van der Waals surface area contributed by atoms with E-state index in [2.05, 4.69) is 10.0 Å². The minimum atomic E-state index is -3.89. The number of ether oxygens (including phenoxy) is 2. The third-order valence-corrected chi connectivity index (χ3v) is 6.89. The summed E-state index contributed by atoms with van der Waals surface area (Å²) in [4.78, 5) is 26.5. The minimum absolute atomic E-state index is 0.00236. The summed E-state index contributed by atoms with van der Waals surface area (Å²) in [5, 5.41) is 3.20. The minimum Gasteiger partial charge on any atom is -0.376 e. The molecular weight excluding hydrogens is 446 g/mol. The summed E-state index contributed by atoms with van der Waals surface area (Å²) in [7, 11) is -3.89. The normalized spacial score (nSPS) is 21.2. The van der Waals surface area contributed by atoms with E-state index in [1.54, 1.807) is 0 Å². The van der Waals surface area contributed by atoms with Crippen molar-refractivity contribution in [2.24, 2.45) is 0 Å². The van der Waals surface area contributed by atoms with Gasteiger partial charge in [0.15, 0.2) is 0 Å². The second kappa shape index (κ2) is 11.2. The highest BCUT2D eigenvalue weighted by Gasteiger charge is 2.26. The Morgan fingerprint density at radius 2 is 1.71 bits per heavy atom. The molecular formula is C20H28ClN3O6S. The van der Waals surface area contributed by atoms with Crippen molar-refractivity contribution < 1.29 is 27.5 Å². The van der Waals surface area contributed by atoms with E-state index in [0.717, 1.165) is 25.7 Å². The number of nitrogens with zero attached hydrogens (tertiary/aromatic N) is 1. The van der Waals surface area contributed by atoms with Crippen molar-refractivity contribution in [2.45, 2.75) is 42.8 Å². The van der Waals surface area contributed by atoms with Gasteiger partial charge in [0.1, 0.15) is 0 Å². The molecule has 0 saturated carbocycles. The second-order valence-electron chi connectivity index (χ2n) is 7.63. The molecule has 1 aromatic carbocycles. The molecule has 2 saturated heterocycles. The fourth-order valence-corrected chi connectivity index (χ4v) is 4.62. The summed E-state index contributed by atoms with van der Waals surface area (Å²) in [6, 6.07) is 5.63. The number of carbonyl (C=O) groups excluding carboxylic acids is 2. The molecule has 172 valence electrons. The SMILES string of the molecule is O=C(CN(C[C@@H]1CCCO1)C(=O)CNS(=O)(=O)c1ccc(Cl)cc1)NC[C@H]1CCCO1. The second-order valence-corrected chi connectivity index (χ2v) is 9.83. The van der Waals surface area contributed by atoms with Gasteiger partial charge >= 0.3 is 0 Å². The molecule has 0 spiro atoms. The molecule has 2 aliphatic rings. The van der Waals surface area contributed by atoms with Crippen LogP contribution in [0.25, 0.3) is 0 Å². The third-order valence-electron chi connectivity index (χ3n) is 5.22. The molecule has 2 aliphatic heterocycles. The lowest BCUT2D eigenvalue weighted by Gasteiger charge is -2.25. The van der Waals surface area contributed by atoms with E-state index in [1.165, 1.54) is 29.2 Å². The van der Waals surface area contributed by atoms with Crippen LogP contribution in [0.1, 0.15) is 25.7 Å². The summed E-state index contributed by atoms with van der Waals surface area (Å²) in [5.74, 6) is -0.817. The van der Waals surface area contributed by atoms with Gasteiger partial charge in [-0.2, -0.15) is 0 Å². The quantitative estimate of drug-likeness (QED) is 0.522. The molecule has 11 heteroatoms. The zero-order valence-electron chi connectivity index (χ0n) is 17.2. The molecule has 0 aliphatic carbocycles. The smallest absolute Gasteiger partial charge is 0.241 e. The topological polar surface area (TPSA) is 114 Å². The van der Waals surface area contributed by atoms with Gasteiger partial charge in [-0.1, -0.05) is 11.6 Å². The first-order valence-corrected chi connectivity index (χ1v) is 12.2. The lowest BCUT2D eigenvalue weighted by molar-refractivity contribution is -0.136. The Labute approximate surface area is 187 Å². The molecule has 31 heavy (non-hydrogen) atoms. The van der Waals surface area contributed by atoms with Crippen molar-refractivity contribution in [1.29, 1.82) is 0 Å². The molecule has 1 aromatic rings. The fraction of sp³-hybridized carbons (Fsp3) is 0.600. The fourth-order valence-electron chi connectivity index (χ4n) is 3.52. The number of sulfonamides is 1. The van der Waals surface area contributed by atoms with Gasteiger partial charge in [-0.25, -0.2) is 13.1 Å². The van der Waals surface area contributed by atoms with Crippen LogP contribution in [0, 0.1) is 0 Å². The van der Waals surface area contributed by atoms with Crippen LogP contribution < -0.4 is 10.0 Å². The maximum atomic E-state index is 12.8. The third kappa shape index (κ3) is 7.43. The van der Waals surface area contributed by atoms with E-state index >= 15 is 0 Å². The lowest BCUT2D eigenvalue weighted by atomic mass is 10.2. The monoisotopic (exact) mass is 473 g/mol. The summed E-state index contributed by atoms with van der Waals surface area (Å²) >= 11 is 5.79. The Kier molecular flexibility index (Phi) is 8.67. The number of benzene rings is 1. The van der Waals surface area contributed by atoms with Crippen LogP contribution >= 0.6 is 11.6 Å². The summed E-state index contributed by atoms with van der Waals surface area (Å²) in [5.41, 5.74) is 0. The van der Waals surface area contributed by atoms with Crippen molar-refractivity contribution in [3.63, 3.8) is 0 Å². The summed E-state index contributed by atoms with van der Waals surface area (Å²) in [6.07, 6.45) is 3.38. The largest absolute Gasteiger partial charge is 0.376 e. The zero-order valence-corrected chi connectivity index (χ0v) is 18.8. The maximum absolute atomic E-state index is 12.8. The van der Waals surface area contributed by atoms with E-state index in [-0.39, 0.29) is 36.1 Å². The van der Waals surface area contributed by atoms with Crippen LogP contribution in [0.5, 0.6) is 0 Å². The molecule has 2 fully saturated rings. The number of amides is 2. The molecule has 2 atom stereocenters. The van der Waals surface area contributed by atoms with Gasteiger partial charge in [-0.3, -0.25) is 9.59 Å². The average Bonchev–Trinajstić information content (AvgIpc) is 3.44. The predicted octanol–water partition coefficient (Wildman–Crippen LogP) is 0.921. The van der Waals surface area contributed by atoms with E-state index in [0.29, 0.717) is 24.8 Å². The standard InChI is InChI=1S/C20H28ClN3O6S/c21-15-5-7-18(8-6-15)31(27,28)23-12-20(26)24(13-17-4-2-10-30-17)14-19(25)22-11-16-3-1-9-29-16/h5-8,16-17,23H,1-4,9-14H2,(H,22,25)/t16-,17+/m1/s1. The Bertz CT molecular complexity index is 852. The maximum Gasteiger partial charge on any atom is 0.241 e. The molecule has 9 nitrogen and oxygen atoms in total. The van der Waals surface area contributed by atoms with Crippen LogP contribution in [-0.4, -0.2) is 76.7 Å². The Morgan fingerprint density at radius 3 is 2.32 bits per heavy atom. The molecule has 2 N–H and O–H groups in total. The molecule has 0 unspecified atom stereocenters. The highest BCUT2D eigenvalue weighted by Crippen LogP contribution is 2.15. The highest BCUT2D eigenvalue weighted by molar-refractivity contribution is 7.89. The number of hydrogen-bond donors (Lipinski definition) is 2. The van der Waals surface area contributed by atoms with Gasteiger partial charge < -0.3 is 19.7 Å². The molecule has 0 radical (unpaired) electrons.